The van der Waals surface area contributed by atoms with Crippen LogP contribution in [0, 0.1) is 0 Å². The van der Waals surface area contributed by atoms with Crippen LogP contribution in [-0.4, -0.2) is 6.98 Å². The second kappa shape index (κ2) is 3.80. The molecule has 0 fully saturated rings. The smallest absolute Gasteiger partial charge is 0.449 e. The van der Waals surface area contributed by atoms with E-state index in [0.29, 0.717) is 0 Å². The molecule has 0 radical (unpaired) electrons. The largest absolute Gasteiger partial charge is 0.482 e. The number of hydrogen-bond acceptors (Lipinski definition) is 0. The molecule has 72 valence electrons. The second-order valence-electron chi connectivity index (χ2n) is 2.69. The summed E-state index contributed by atoms with van der Waals surface area (Å²) < 4.78 is 35.9. The summed E-state index contributed by atoms with van der Waals surface area (Å²) in [6.45, 7) is -4.83. The van der Waals surface area contributed by atoms with Crippen LogP contribution >= 0.6 is 23.2 Å². The fourth-order valence-electron chi connectivity index (χ4n) is 0.996. The summed E-state index contributed by atoms with van der Waals surface area (Å²) in [6, 6.07) is 3.93. The van der Waals surface area contributed by atoms with Gasteiger partial charge < -0.3 is 12.9 Å². The predicted octanol–water partition coefficient (Wildman–Crippen LogP) is 3.92. The Bertz CT molecular complexity index is 291. The van der Waals surface area contributed by atoms with Gasteiger partial charge in [0, 0.05) is 10.0 Å². The summed E-state index contributed by atoms with van der Waals surface area (Å²) in [5, 5.41) is 0.449. The van der Waals surface area contributed by atoms with Gasteiger partial charge in [-0.2, -0.15) is 0 Å². The van der Waals surface area contributed by atoms with Crippen LogP contribution in [-0.2, 0) is 6.32 Å². The van der Waals surface area contributed by atoms with Gasteiger partial charge in [0.05, 0.1) is 0 Å². The van der Waals surface area contributed by atoms with Crippen molar-refractivity contribution < 1.29 is 12.9 Å². The highest BCUT2D eigenvalue weighted by Gasteiger charge is 2.23. The van der Waals surface area contributed by atoms with Crippen molar-refractivity contribution in [3.05, 3.63) is 33.8 Å². The molecule has 0 aliphatic carbocycles. The molecule has 0 heterocycles. The molecule has 0 amide bonds. The lowest BCUT2D eigenvalue weighted by molar-refractivity contribution is 0.468. The van der Waals surface area contributed by atoms with Crippen molar-refractivity contribution in [3.8, 4) is 0 Å². The van der Waals surface area contributed by atoms with E-state index in [1.807, 2.05) is 0 Å². The van der Waals surface area contributed by atoms with Gasteiger partial charge in [-0.05, 0) is 18.2 Å². The van der Waals surface area contributed by atoms with Gasteiger partial charge in [-0.25, -0.2) is 0 Å². The van der Waals surface area contributed by atoms with Gasteiger partial charge in [-0.15, -0.1) is 0 Å². The molecular formula is C7H5BCl2F3-. The van der Waals surface area contributed by atoms with Crippen LogP contribution in [0.25, 0.3) is 0 Å². The molecule has 0 aliphatic heterocycles. The van der Waals surface area contributed by atoms with Crippen LogP contribution in [0.2, 0.25) is 10.0 Å². The monoisotopic (exact) mass is 227 g/mol. The predicted molar refractivity (Wildman–Crippen MR) is 49.2 cm³/mol. The topological polar surface area (TPSA) is 0 Å². The number of benzene rings is 1. The van der Waals surface area contributed by atoms with E-state index in [0.717, 1.165) is 0 Å². The van der Waals surface area contributed by atoms with Crippen LogP contribution in [0.1, 0.15) is 5.56 Å². The molecule has 1 aromatic carbocycles. The average molecular weight is 228 g/mol. The molecule has 0 spiro atoms. The molecule has 0 bridgehead atoms. The summed E-state index contributed by atoms with van der Waals surface area (Å²) in [5.74, 6) is 0. The standard InChI is InChI=1S/C7H5BCl2F3/c9-6-1-5(2-7(10)3-6)4-8(11,12)13/h1-3H,4H2/q-1. The van der Waals surface area contributed by atoms with Gasteiger partial charge in [-0.1, -0.05) is 35.1 Å². The van der Waals surface area contributed by atoms with Gasteiger partial charge in [0.2, 0.25) is 0 Å². The Labute approximate surface area is 83.7 Å². The first-order chi connectivity index (χ1) is 5.87. The summed E-state index contributed by atoms with van der Waals surface area (Å²) in [4.78, 5) is 0. The summed E-state index contributed by atoms with van der Waals surface area (Å²) in [5.41, 5.74) is 0.102. The molecule has 0 atom stereocenters. The van der Waals surface area contributed by atoms with E-state index in [4.69, 9.17) is 23.2 Å². The SMILES string of the molecule is F[B-](F)(F)Cc1cc(Cl)cc(Cl)c1. The van der Waals surface area contributed by atoms with Crippen molar-refractivity contribution in [1.29, 1.82) is 0 Å². The lowest BCUT2D eigenvalue weighted by Gasteiger charge is -2.13. The molecule has 0 N–H and O–H groups in total. The molecule has 13 heavy (non-hydrogen) atoms. The third-order valence-electron chi connectivity index (χ3n) is 1.39. The first-order valence-electron chi connectivity index (χ1n) is 3.53. The van der Waals surface area contributed by atoms with E-state index < -0.39 is 13.3 Å². The maximum Gasteiger partial charge on any atom is 0.482 e. The second-order valence-corrected chi connectivity index (χ2v) is 3.57. The number of hydrogen-bond donors (Lipinski definition) is 0. The third kappa shape index (κ3) is 3.92. The van der Waals surface area contributed by atoms with Crippen LogP contribution in [0.4, 0.5) is 12.9 Å². The third-order valence-corrected chi connectivity index (χ3v) is 1.83. The Hall–Kier alpha value is -0.345. The first-order valence-corrected chi connectivity index (χ1v) is 4.28. The van der Waals surface area contributed by atoms with Crippen LogP contribution in [0.5, 0.6) is 0 Å². The van der Waals surface area contributed by atoms with Crippen LogP contribution in [0.3, 0.4) is 0 Å². The number of halogens is 5. The summed E-state index contributed by atoms with van der Waals surface area (Å²) >= 11 is 11.1. The average Bonchev–Trinajstić information content (AvgIpc) is 1.78. The van der Waals surface area contributed by atoms with Gasteiger partial charge in [0.15, 0.2) is 0 Å². The van der Waals surface area contributed by atoms with Gasteiger partial charge >= 0.3 is 6.98 Å². The zero-order valence-electron chi connectivity index (χ0n) is 6.41. The van der Waals surface area contributed by atoms with Crippen molar-refractivity contribution in [2.75, 3.05) is 0 Å². The van der Waals surface area contributed by atoms with Crippen LogP contribution < -0.4 is 0 Å². The molecule has 0 saturated heterocycles. The Morgan fingerprint density at radius 2 is 1.46 bits per heavy atom. The van der Waals surface area contributed by atoms with Gasteiger partial charge in [0.1, 0.15) is 0 Å². The lowest BCUT2D eigenvalue weighted by Crippen LogP contribution is -2.19. The summed E-state index contributed by atoms with van der Waals surface area (Å²) in [7, 11) is 0. The number of rotatable bonds is 2. The van der Waals surface area contributed by atoms with Crippen molar-refractivity contribution in [1.82, 2.24) is 0 Å². The molecule has 6 heteroatoms. The quantitative estimate of drug-likeness (QED) is 0.672. The molecule has 0 saturated carbocycles. The zero-order valence-corrected chi connectivity index (χ0v) is 7.92. The minimum absolute atomic E-state index is 0.102. The highest BCUT2D eigenvalue weighted by atomic mass is 35.5. The van der Waals surface area contributed by atoms with Crippen molar-refractivity contribution in [2.24, 2.45) is 0 Å². The van der Waals surface area contributed by atoms with Crippen LogP contribution in [0.15, 0.2) is 18.2 Å². The molecule has 1 rings (SSSR count). The Kier molecular flexibility index (Phi) is 3.14. The van der Waals surface area contributed by atoms with E-state index in [1.54, 1.807) is 0 Å². The molecule has 0 nitrogen and oxygen atoms in total. The fraction of sp³-hybridized carbons (Fsp3) is 0.143. The van der Waals surface area contributed by atoms with Gasteiger partial charge in [-0.3, -0.25) is 0 Å². The van der Waals surface area contributed by atoms with E-state index in [9.17, 15) is 12.9 Å². The maximum absolute atomic E-state index is 12.0. The minimum atomic E-state index is -4.83. The van der Waals surface area contributed by atoms with E-state index in [-0.39, 0.29) is 15.6 Å². The van der Waals surface area contributed by atoms with Gasteiger partial charge in [0.25, 0.3) is 0 Å². The first kappa shape index (κ1) is 10.7. The highest BCUT2D eigenvalue weighted by molar-refractivity contribution is 6.57. The normalized spacial score (nSPS) is 11.8. The Balaban J connectivity index is 2.90. The maximum atomic E-state index is 12.0. The van der Waals surface area contributed by atoms with Crippen molar-refractivity contribution >= 4 is 30.2 Å². The van der Waals surface area contributed by atoms with Crippen molar-refractivity contribution in [3.63, 3.8) is 0 Å². The molecule has 0 unspecified atom stereocenters. The Morgan fingerprint density at radius 3 is 1.85 bits per heavy atom. The van der Waals surface area contributed by atoms with E-state index in [2.05, 4.69) is 0 Å². The molecular weight excluding hydrogens is 223 g/mol. The van der Waals surface area contributed by atoms with Crippen molar-refractivity contribution in [2.45, 2.75) is 6.32 Å². The highest BCUT2D eigenvalue weighted by Crippen LogP contribution is 2.23. The minimum Gasteiger partial charge on any atom is -0.449 e. The molecule has 0 aliphatic rings. The zero-order chi connectivity index (χ0) is 10.1. The van der Waals surface area contributed by atoms with E-state index >= 15 is 0 Å². The fourth-order valence-corrected chi connectivity index (χ4v) is 1.57. The lowest BCUT2D eigenvalue weighted by atomic mass is 9.82. The molecule has 0 aromatic heterocycles. The van der Waals surface area contributed by atoms with E-state index in [1.165, 1.54) is 18.2 Å². The molecule has 1 aromatic rings. The Morgan fingerprint density at radius 1 is 1.00 bits per heavy atom. The summed E-state index contributed by atoms with van der Waals surface area (Å²) in [6.07, 6.45) is -0.944.